The first kappa shape index (κ1) is 19.1. The molecule has 2 aromatic rings. The number of rotatable bonds is 7. The zero-order valence-corrected chi connectivity index (χ0v) is 14.9. The fourth-order valence-electron chi connectivity index (χ4n) is 2.51. The summed E-state index contributed by atoms with van der Waals surface area (Å²) in [7, 11) is 0. The smallest absolute Gasteiger partial charge is 0.358 e. The molecule has 2 rings (SSSR count). The Hall–Kier alpha value is -3.23. The third-order valence-electron chi connectivity index (χ3n) is 3.81. The average Bonchev–Trinajstić information content (AvgIpc) is 2.94. The van der Waals surface area contributed by atoms with Crippen molar-refractivity contribution < 1.29 is 14.5 Å². The van der Waals surface area contributed by atoms with Gasteiger partial charge in [0.15, 0.2) is 0 Å². The number of nitrogens with one attached hydrogen (secondary N) is 2. The van der Waals surface area contributed by atoms with Crippen molar-refractivity contribution in [3.8, 4) is 0 Å². The molecule has 2 N–H and O–H groups in total. The normalized spacial score (nSPS) is 11.7. The van der Waals surface area contributed by atoms with Gasteiger partial charge in [0.2, 0.25) is 17.6 Å². The highest BCUT2D eigenvalue weighted by molar-refractivity contribution is 5.88. The van der Waals surface area contributed by atoms with Gasteiger partial charge < -0.3 is 25.3 Å². The quantitative estimate of drug-likeness (QED) is 0.581. The predicted molar refractivity (Wildman–Crippen MR) is 95.5 cm³/mol. The highest BCUT2D eigenvalue weighted by atomic mass is 16.6. The number of benzene rings is 1. The van der Waals surface area contributed by atoms with Crippen LogP contribution in [0.2, 0.25) is 0 Å². The Morgan fingerprint density at radius 1 is 1.38 bits per heavy atom. The number of aryl methyl sites for hydroxylation is 2. The molecule has 0 fully saturated rings. The number of carbonyl (C=O) groups excluding carboxylic acids is 2. The monoisotopic (exact) mass is 359 g/mol. The maximum absolute atomic E-state index is 12.2. The molecule has 0 saturated carbocycles. The van der Waals surface area contributed by atoms with Crippen LogP contribution in [-0.2, 0) is 16.1 Å². The van der Waals surface area contributed by atoms with E-state index >= 15 is 0 Å². The SMILES string of the molecule is CC(=O)Nc1cccc(C(C)NC(=O)CCn2cc([N+](=O)[O-])nc2C)c1. The van der Waals surface area contributed by atoms with Crippen LogP contribution in [0.5, 0.6) is 0 Å². The molecule has 0 aliphatic carbocycles. The minimum atomic E-state index is -0.562. The Balaban J connectivity index is 1.93. The maximum Gasteiger partial charge on any atom is 0.381 e. The summed E-state index contributed by atoms with van der Waals surface area (Å²) in [5.74, 6) is -0.0894. The van der Waals surface area contributed by atoms with Crippen LogP contribution < -0.4 is 10.6 Å². The van der Waals surface area contributed by atoms with Crippen molar-refractivity contribution >= 4 is 23.3 Å². The second-order valence-corrected chi connectivity index (χ2v) is 5.94. The molecule has 9 heteroatoms. The highest BCUT2D eigenvalue weighted by Gasteiger charge is 2.16. The van der Waals surface area contributed by atoms with Crippen molar-refractivity contribution in [2.45, 2.75) is 39.8 Å². The largest absolute Gasteiger partial charge is 0.381 e. The van der Waals surface area contributed by atoms with E-state index in [9.17, 15) is 19.7 Å². The Labute approximate surface area is 150 Å². The molecule has 1 aromatic carbocycles. The third-order valence-corrected chi connectivity index (χ3v) is 3.81. The topological polar surface area (TPSA) is 119 Å². The van der Waals surface area contributed by atoms with Gasteiger partial charge in [0, 0.05) is 32.5 Å². The van der Waals surface area contributed by atoms with Crippen molar-refractivity contribution in [1.29, 1.82) is 0 Å². The lowest BCUT2D eigenvalue weighted by Crippen LogP contribution is -2.27. The van der Waals surface area contributed by atoms with Crippen LogP contribution in [0.4, 0.5) is 11.5 Å². The summed E-state index contributed by atoms with van der Waals surface area (Å²) in [6.07, 6.45) is 1.49. The summed E-state index contributed by atoms with van der Waals surface area (Å²) >= 11 is 0. The second-order valence-electron chi connectivity index (χ2n) is 5.94. The number of nitrogens with zero attached hydrogens (tertiary/aromatic N) is 3. The molecule has 1 heterocycles. The second kappa shape index (κ2) is 8.24. The van der Waals surface area contributed by atoms with Crippen molar-refractivity contribution in [3.05, 3.63) is 52.0 Å². The molecule has 0 saturated heterocycles. The van der Waals surface area contributed by atoms with E-state index < -0.39 is 4.92 Å². The Kier molecular flexibility index (Phi) is 6.05. The molecule has 0 bridgehead atoms. The molecule has 26 heavy (non-hydrogen) atoms. The number of imidazole rings is 1. The van der Waals surface area contributed by atoms with Gasteiger partial charge in [0.05, 0.1) is 6.04 Å². The molecule has 9 nitrogen and oxygen atoms in total. The number of amides is 2. The number of aromatic nitrogens is 2. The van der Waals surface area contributed by atoms with Crippen molar-refractivity contribution in [3.63, 3.8) is 0 Å². The summed E-state index contributed by atoms with van der Waals surface area (Å²) in [4.78, 5) is 37.3. The van der Waals surface area contributed by atoms with E-state index in [1.165, 1.54) is 13.1 Å². The van der Waals surface area contributed by atoms with Gasteiger partial charge in [0.1, 0.15) is 6.20 Å². The van der Waals surface area contributed by atoms with Gasteiger partial charge in [-0.2, -0.15) is 0 Å². The Bertz CT molecular complexity index is 830. The first-order chi connectivity index (χ1) is 12.3. The highest BCUT2D eigenvalue weighted by Crippen LogP contribution is 2.18. The van der Waals surface area contributed by atoms with Crippen LogP contribution >= 0.6 is 0 Å². The van der Waals surface area contributed by atoms with Gasteiger partial charge in [-0.1, -0.05) is 12.1 Å². The Morgan fingerprint density at radius 2 is 2.12 bits per heavy atom. The van der Waals surface area contributed by atoms with E-state index in [1.807, 2.05) is 13.0 Å². The summed E-state index contributed by atoms with van der Waals surface area (Å²) in [5.41, 5.74) is 1.52. The minimum Gasteiger partial charge on any atom is -0.358 e. The summed E-state index contributed by atoms with van der Waals surface area (Å²) in [5, 5.41) is 16.3. The molecule has 1 atom stereocenters. The average molecular weight is 359 g/mol. The van der Waals surface area contributed by atoms with Crippen molar-refractivity contribution in [2.75, 3.05) is 5.32 Å². The van der Waals surface area contributed by atoms with E-state index in [0.29, 0.717) is 18.1 Å². The summed E-state index contributed by atoms with van der Waals surface area (Å²) < 4.78 is 1.58. The van der Waals surface area contributed by atoms with Crippen LogP contribution in [0.1, 0.15) is 37.7 Å². The maximum atomic E-state index is 12.2. The lowest BCUT2D eigenvalue weighted by molar-refractivity contribution is -0.389. The van der Waals surface area contributed by atoms with Gasteiger partial charge in [0.25, 0.3) is 0 Å². The summed E-state index contributed by atoms with van der Waals surface area (Å²) in [6, 6.07) is 7.00. The standard InChI is InChI=1S/C17H21N5O4/c1-11(14-5-4-6-15(9-14)20-13(3)23)18-17(24)7-8-21-10-16(22(25)26)19-12(21)2/h4-6,9-11H,7-8H2,1-3H3,(H,18,24)(H,20,23). The molecule has 1 unspecified atom stereocenters. The molecule has 138 valence electrons. The number of anilines is 1. The molecule has 0 spiro atoms. The molecule has 0 aliphatic heterocycles. The first-order valence-electron chi connectivity index (χ1n) is 8.11. The third kappa shape index (κ3) is 5.13. The molecule has 2 amide bonds. The number of hydrogen-bond donors (Lipinski definition) is 2. The van der Waals surface area contributed by atoms with Gasteiger partial charge in [-0.3, -0.25) is 9.59 Å². The lowest BCUT2D eigenvalue weighted by Gasteiger charge is -2.15. The van der Waals surface area contributed by atoms with Crippen molar-refractivity contribution in [2.24, 2.45) is 0 Å². The number of hydrogen-bond acceptors (Lipinski definition) is 5. The lowest BCUT2D eigenvalue weighted by atomic mass is 10.1. The van der Waals surface area contributed by atoms with Crippen LogP contribution in [-0.4, -0.2) is 26.3 Å². The van der Waals surface area contributed by atoms with Crippen LogP contribution in [0.15, 0.2) is 30.5 Å². The van der Waals surface area contributed by atoms with E-state index in [-0.39, 0.29) is 30.1 Å². The van der Waals surface area contributed by atoms with E-state index in [4.69, 9.17) is 0 Å². The number of carbonyl (C=O) groups is 2. The molecule has 1 aromatic heterocycles. The van der Waals surface area contributed by atoms with Gasteiger partial charge in [-0.05, 0) is 34.5 Å². The van der Waals surface area contributed by atoms with Gasteiger partial charge >= 0.3 is 5.82 Å². The molecule has 0 radical (unpaired) electrons. The van der Waals surface area contributed by atoms with Crippen molar-refractivity contribution in [1.82, 2.24) is 14.9 Å². The number of nitro groups is 1. The predicted octanol–water partition coefficient (Wildman–Crippen LogP) is 2.33. The Morgan fingerprint density at radius 3 is 2.73 bits per heavy atom. The van der Waals surface area contributed by atoms with Crippen LogP contribution in [0, 0.1) is 17.0 Å². The van der Waals surface area contributed by atoms with E-state index in [0.717, 1.165) is 5.56 Å². The van der Waals surface area contributed by atoms with E-state index in [2.05, 4.69) is 15.6 Å². The minimum absolute atomic E-state index is 0.163. The van der Waals surface area contributed by atoms with E-state index in [1.54, 1.807) is 29.7 Å². The summed E-state index contributed by atoms with van der Waals surface area (Å²) in [6.45, 7) is 5.23. The van der Waals surface area contributed by atoms with Gasteiger partial charge in [-0.15, -0.1) is 0 Å². The molecular formula is C17H21N5O4. The van der Waals surface area contributed by atoms with Crippen LogP contribution in [0.25, 0.3) is 0 Å². The zero-order chi connectivity index (χ0) is 19.3. The fourth-order valence-corrected chi connectivity index (χ4v) is 2.51. The molecule has 0 aliphatic rings. The first-order valence-corrected chi connectivity index (χ1v) is 8.11. The van der Waals surface area contributed by atoms with Gasteiger partial charge in [-0.25, -0.2) is 0 Å². The fraction of sp³-hybridized carbons (Fsp3) is 0.353. The van der Waals surface area contributed by atoms with Crippen LogP contribution in [0.3, 0.4) is 0 Å². The molecular weight excluding hydrogens is 338 g/mol. The zero-order valence-electron chi connectivity index (χ0n) is 14.9.